The Hall–Kier alpha value is -3.36. The van der Waals surface area contributed by atoms with Gasteiger partial charge in [0.05, 0.1) is 22.2 Å². The van der Waals surface area contributed by atoms with Gasteiger partial charge in [0.25, 0.3) is 15.9 Å². The Morgan fingerprint density at radius 2 is 1.70 bits per heavy atom. The molecule has 1 N–H and O–H groups in total. The molecule has 3 aromatic rings. The molecule has 1 atom stereocenters. The standard InChI is InChI=1S/C24H23ClN2O5S/c1-17(18-8-4-3-5-9-18)26-23(28)16-32-24(29)19-10-6-13-22(14-19)33(30,31)27(2)21-12-7-11-20(25)15-21/h3-15,17H,16H2,1-2H3,(H,26,28). The number of nitrogens with one attached hydrogen (secondary N) is 1. The van der Waals surface area contributed by atoms with Crippen molar-refractivity contribution in [1.29, 1.82) is 0 Å². The maximum absolute atomic E-state index is 13.0. The largest absolute Gasteiger partial charge is 0.452 e. The van der Waals surface area contributed by atoms with Gasteiger partial charge in [-0.3, -0.25) is 9.10 Å². The minimum Gasteiger partial charge on any atom is -0.452 e. The van der Waals surface area contributed by atoms with Gasteiger partial charge in [0.1, 0.15) is 0 Å². The SMILES string of the molecule is CC(NC(=O)COC(=O)c1cccc(S(=O)(=O)N(C)c2cccc(Cl)c2)c1)c1ccccc1. The molecule has 0 aliphatic carbocycles. The third-order valence-corrected chi connectivity index (χ3v) is 6.93. The molecule has 0 saturated heterocycles. The molecule has 0 fully saturated rings. The lowest BCUT2D eigenvalue weighted by Gasteiger charge is -2.20. The van der Waals surface area contributed by atoms with Gasteiger partial charge < -0.3 is 10.1 Å². The van der Waals surface area contributed by atoms with E-state index in [2.05, 4.69) is 5.32 Å². The number of hydrogen-bond acceptors (Lipinski definition) is 5. The van der Waals surface area contributed by atoms with Crippen molar-refractivity contribution in [2.24, 2.45) is 0 Å². The number of anilines is 1. The molecule has 0 saturated carbocycles. The van der Waals surface area contributed by atoms with Crippen molar-refractivity contribution < 1.29 is 22.7 Å². The Balaban J connectivity index is 1.66. The van der Waals surface area contributed by atoms with Gasteiger partial charge in [-0.2, -0.15) is 0 Å². The summed E-state index contributed by atoms with van der Waals surface area (Å²) in [6.45, 7) is 1.33. The van der Waals surface area contributed by atoms with Crippen LogP contribution in [0, 0.1) is 0 Å². The van der Waals surface area contributed by atoms with E-state index in [-0.39, 0.29) is 16.5 Å². The highest BCUT2D eigenvalue weighted by atomic mass is 35.5. The number of halogens is 1. The van der Waals surface area contributed by atoms with E-state index in [4.69, 9.17) is 16.3 Å². The maximum Gasteiger partial charge on any atom is 0.338 e. The molecule has 0 aliphatic heterocycles. The monoisotopic (exact) mass is 486 g/mol. The van der Waals surface area contributed by atoms with Gasteiger partial charge in [-0.1, -0.05) is 54.1 Å². The van der Waals surface area contributed by atoms with Crippen molar-refractivity contribution in [3.63, 3.8) is 0 Å². The third-order valence-electron chi connectivity index (χ3n) is 4.91. The van der Waals surface area contributed by atoms with E-state index in [0.717, 1.165) is 9.87 Å². The van der Waals surface area contributed by atoms with E-state index >= 15 is 0 Å². The van der Waals surface area contributed by atoms with Crippen molar-refractivity contribution in [1.82, 2.24) is 5.32 Å². The zero-order valence-corrected chi connectivity index (χ0v) is 19.6. The molecule has 3 aromatic carbocycles. The van der Waals surface area contributed by atoms with Crippen molar-refractivity contribution in [3.05, 3.63) is 95.0 Å². The van der Waals surface area contributed by atoms with E-state index in [1.165, 1.54) is 37.4 Å². The lowest BCUT2D eigenvalue weighted by Crippen LogP contribution is -2.31. The van der Waals surface area contributed by atoms with Crippen molar-refractivity contribution in [2.75, 3.05) is 18.0 Å². The molecule has 0 aliphatic rings. The van der Waals surface area contributed by atoms with Gasteiger partial charge in [0, 0.05) is 12.1 Å². The van der Waals surface area contributed by atoms with Crippen molar-refractivity contribution in [2.45, 2.75) is 17.9 Å². The van der Waals surface area contributed by atoms with Crippen LogP contribution >= 0.6 is 11.6 Å². The van der Waals surface area contributed by atoms with Crippen LogP contribution in [0.2, 0.25) is 5.02 Å². The minimum absolute atomic E-state index is 0.0134. The van der Waals surface area contributed by atoms with Crippen LogP contribution in [0.1, 0.15) is 28.9 Å². The van der Waals surface area contributed by atoms with Crippen LogP contribution in [0.15, 0.2) is 83.8 Å². The number of sulfonamides is 1. The number of amides is 1. The highest BCUT2D eigenvalue weighted by Gasteiger charge is 2.23. The van der Waals surface area contributed by atoms with Gasteiger partial charge in [-0.15, -0.1) is 0 Å². The van der Waals surface area contributed by atoms with E-state index < -0.39 is 28.5 Å². The number of carbonyl (C=O) groups excluding carboxylic acids is 2. The fourth-order valence-electron chi connectivity index (χ4n) is 3.08. The first kappa shape index (κ1) is 24.3. The first-order valence-electron chi connectivity index (χ1n) is 10.0. The number of esters is 1. The average Bonchev–Trinajstić information content (AvgIpc) is 2.82. The Morgan fingerprint density at radius 1 is 1.00 bits per heavy atom. The molecule has 172 valence electrons. The number of ether oxygens (including phenoxy) is 1. The lowest BCUT2D eigenvalue weighted by atomic mass is 10.1. The second kappa shape index (κ2) is 10.5. The molecular formula is C24H23ClN2O5S. The normalized spacial score (nSPS) is 12.0. The molecule has 0 radical (unpaired) electrons. The lowest BCUT2D eigenvalue weighted by molar-refractivity contribution is -0.124. The molecule has 0 heterocycles. The van der Waals surface area contributed by atoms with Crippen LogP contribution in [0.5, 0.6) is 0 Å². The first-order valence-corrected chi connectivity index (χ1v) is 11.9. The Bertz CT molecular complexity index is 1250. The second-order valence-electron chi connectivity index (χ2n) is 7.26. The summed E-state index contributed by atoms with van der Waals surface area (Å²) >= 11 is 5.96. The predicted octanol–water partition coefficient (Wildman–Crippen LogP) is 4.20. The number of hydrogen-bond donors (Lipinski definition) is 1. The summed E-state index contributed by atoms with van der Waals surface area (Å²) < 4.78 is 32.2. The Kier molecular flexibility index (Phi) is 7.73. The summed E-state index contributed by atoms with van der Waals surface area (Å²) in [4.78, 5) is 24.5. The molecule has 9 heteroatoms. The Labute approximate surface area is 198 Å². The smallest absolute Gasteiger partial charge is 0.338 e. The van der Waals surface area contributed by atoms with Crippen molar-refractivity contribution in [3.8, 4) is 0 Å². The van der Waals surface area contributed by atoms with Gasteiger partial charge in [-0.25, -0.2) is 13.2 Å². The van der Waals surface area contributed by atoms with Gasteiger partial charge >= 0.3 is 5.97 Å². The zero-order chi connectivity index (χ0) is 24.0. The van der Waals surface area contributed by atoms with Crippen LogP contribution in [-0.2, 0) is 19.6 Å². The van der Waals surface area contributed by atoms with Crippen LogP contribution in [0.3, 0.4) is 0 Å². The van der Waals surface area contributed by atoms with Crippen LogP contribution in [0.25, 0.3) is 0 Å². The quantitative estimate of drug-likeness (QED) is 0.482. The first-order chi connectivity index (χ1) is 15.7. The molecule has 1 unspecified atom stereocenters. The molecular weight excluding hydrogens is 464 g/mol. The fourth-order valence-corrected chi connectivity index (χ4v) is 4.49. The fraction of sp³-hybridized carbons (Fsp3) is 0.167. The van der Waals surface area contributed by atoms with Crippen LogP contribution < -0.4 is 9.62 Å². The predicted molar refractivity (Wildman–Crippen MR) is 127 cm³/mol. The average molecular weight is 487 g/mol. The molecule has 33 heavy (non-hydrogen) atoms. The van der Waals surface area contributed by atoms with E-state index in [1.807, 2.05) is 37.3 Å². The van der Waals surface area contributed by atoms with E-state index in [0.29, 0.717) is 10.7 Å². The Morgan fingerprint density at radius 3 is 2.39 bits per heavy atom. The topological polar surface area (TPSA) is 92.8 Å². The summed E-state index contributed by atoms with van der Waals surface area (Å²) in [7, 11) is -2.56. The highest BCUT2D eigenvalue weighted by Crippen LogP contribution is 2.25. The molecule has 0 bridgehead atoms. The van der Waals surface area contributed by atoms with Gasteiger partial charge in [0.2, 0.25) is 0 Å². The van der Waals surface area contributed by atoms with Crippen LogP contribution in [-0.4, -0.2) is 33.9 Å². The summed E-state index contributed by atoms with van der Waals surface area (Å²) in [5.41, 5.74) is 1.30. The van der Waals surface area contributed by atoms with Gasteiger partial charge in [0.15, 0.2) is 6.61 Å². The molecule has 7 nitrogen and oxygen atoms in total. The number of nitrogens with zero attached hydrogens (tertiary/aromatic N) is 1. The van der Waals surface area contributed by atoms with Crippen molar-refractivity contribution >= 4 is 39.2 Å². The minimum atomic E-state index is -3.95. The molecule has 0 spiro atoms. The summed E-state index contributed by atoms with van der Waals surface area (Å²) in [6, 6.07) is 21.0. The molecule has 3 rings (SSSR count). The number of rotatable bonds is 8. The molecule has 0 aromatic heterocycles. The highest BCUT2D eigenvalue weighted by molar-refractivity contribution is 7.92. The van der Waals surface area contributed by atoms with Crippen LogP contribution in [0.4, 0.5) is 5.69 Å². The molecule has 1 amide bonds. The third kappa shape index (κ3) is 6.12. The van der Waals surface area contributed by atoms with Gasteiger partial charge in [-0.05, 0) is 48.9 Å². The second-order valence-corrected chi connectivity index (χ2v) is 9.66. The van der Waals surface area contributed by atoms with E-state index in [1.54, 1.807) is 18.2 Å². The summed E-state index contributed by atoms with van der Waals surface area (Å²) in [6.07, 6.45) is 0. The number of carbonyl (C=O) groups is 2. The summed E-state index contributed by atoms with van der Waals surface area (Å²) in [5, 5.41) is 3.14. The van der Waals surface area contributed by atoms with E-state index in [9.17, 15) is 18.0 Å². The number of benzene rings is 3. The summed E-state index contributed by atoms with van der Waals surface area (Å²) in [5.74, 6) is -1.27. The zero-order valence-electron chi connectivity index (χ0n) is 18.1. The maximum atomic E-state index is 13.0.